The molecule has 8 heteroatoms. The van der Waals surface area contributed by atoms with Gasteiger partial charge in [-0.25, -0.2) is 5.48 Å². The SMILES string of the molecule is CN(C)CCOC(=O)[C@@H](NCc1ccc(C=CC(=O)NO)nc1)C1CCCCC1. The van der Waals surface area contributed by atoms with E-state index in [0.29, 0.717) is 31.3 Å². The summed E-state index contributed by atoms with van der Waals surface area (Å²) in [6, 6.07) is 3.36. The van der Waals surface area contributed by atoms with Crippen molar-refractivity contribution in [2.75, 3.05) is 27.2 Å². The van der Waals surface area contributed by atoms with Crippen LogP contribution in [0, 0.1) is 5.92 Å². The van der Waals surface area contributed by atoms with Gasteiger partial charge in [-0.2, -0.15) is 0 Å². The minimum atomic E-state index is -0.611. The quantitative estimate of drug-likeness (QED) is 0.236. The fourth-order valence-corrected chi connectivity index (χ4v) is 3.39. The first kappa shape index (κ1) is 23.0. The highest BCUT2D eigenvalue weighted by molar-refractivity contribution is 5.90. The van der Waals surface area contributed by atoms with Gasteiger partial charge in [0, 0.05) is 25.4 Å². The minimum absolute atomic E-state index is 0.179. The van der Waals surface area contributed by atoms with E-state index in [1.54, 1.807) is 12.3 Å². The van der Waals surface area contributed by atoms with E-state index in [9.17, 15) is 9.59 Å². The number of likely N-dealkylation sites (N-methyl/N-ethyl adjacent to an activating group) is 1. The second kappa shape index (κ2) is 12.3. The van der Waals surface area contributed by atoms with Crippen LogP contribution in [-0.4, -0.2) is 60.3 Å². The standard InChI is InChI=1S/C21H32N4O4/c1-25(2)12-13-29-21(27)20(17-6-4-3-5-7-17)23-15-16-8-9-18(22-14-16)10-11-19(26)24-28/h8-11,14,17,20,23,28H,3-7,12-13,15H2,1-2H3,(H,24,26)/t20-/m0/s1. The molecule has 8 nitrogen and oxygen atoms in total. The van der Waals surface area contributed by atoms with Gasteiger partial charge in [-0.05, 0) is 50.6 Å². The zero-order valence-corrected chi connectivity index (χ0v) is 17.3. The smallest absolute Gasteiger partial charge is 0.323 e. The van der Waals surface area contributed by atoms with Gasteiger partial charge in [0.2, 0.25) is 0 Å². The molecule has 1 fully saturated rings. The van der Waals surface area contributed by atoms with Crippen LogP contribution < -0.4 is 10.8 Å². The third kappa shape index (κ3) is 8.31. The lowest BCUT2D eigenvalue weighted by Gasteiger charge is -2.29. The summed E-state index contributed by atoms with van der Waals surface area (Å²) in [5, 5.41) is 11.9. The van der Waals surface area contributed by atoms with Crippen LogP contribution in [0.3, 0.4) is 0 Å². The van der Waals surface area contributed by atoms with Crippen molar-refractivity contribution >= 4 is 18.0 Å². The number of carbonyl (C=O) groups is 2. The van der Waals surface area contributed by atoms with E-state index < -0.39 is 5.91 Å². The zero-order valence-electron chi connectivity index (χ0n) is 17.3. The van der Waals surface area contributed by atoms with Crippen LogP contribution >= 0.6 is 0 Å². The maximum atomic E-state index is 12.7. The Morgan fingerprint density at radius 3 is 2.69 bits per heavy atom. The Hall–Kier alpha value is -2.29. The number of esters is 1. The van der Waals surface area contributed by atoms with Crippen molar-refractivity contribution < 1.29 is 19.5 Å². The second-order valence-corrected chi connectivity index (χ2v) is 7.63. The Morgan fingerprint density at radius 2 is 2.07 bits per heavy atom. The van der Waals surface area contributed by atoms with E-state index in [-0.39, 0.29) is 12.0 Å². The predicted molar refractivity (Wildman–Crippen MR) is 110 cm³/mol. The zero-order chi connectivity index (χ0) is 21.1. The first-order valence-corrected chi connectivity index (χ1v) is 10.1. The van der Waals surface area contributed by atoms with Crippen LogP contribution in [0.4, 0.5) is 0 Å². The van der Waals surface area contributed by atoms with Crippen molar-refractivity contribution in [2.45, 2.75) is 44.7 Å². The summed E-state index contributed by atoms with van der Waals surface area (Å²) >= 11 is 0. The molecular formula is C21H32N4O4. The molecule has 0 bridgehead atoms. The van der Waals surface area contributed by atoms with Crippen molar-refractivity contribution in [3.8, 4) is 0 Å². The molecule has 29 heavy (non-hydrogen) atoms. The highest BCUT2D eigenvalue weighted by atomic mass is 16.5. The van der Waals surface area contributed by atoms with Gasteiger partial charge in [0.25, 0.3) is 5.91 Å². The number of hydroxylamine groups is 1. The average molecular weight is 405 g/mol. The van der Waals surface area contributed by atoms with Gasteiger partial charge in [-0.3, -0.25) is 19.8 Å². The molecule has 1 amide bonds. The molecule has 2 rings (SSSR count). The Balaban J connectivity index is 1.94. The topological polar surface area (TPSA) is 104 Å². The Morgan fingerprint density at radius 1 is 1.31 bits per heavy atom. The van der Waals surface area contributed by atoms with Crippen LogP contribution in [0.2, 0.25) is 0 Å². The molecule has 1 aromatic heterocycles. The first-order chi connectivity index (χ1) is 14.0. The molecule has 3 N–H and O–H groups in total. The summed E-state index contributed by atoms with van der Waals surface area (Å²) in [7, 11) is 3.90. The van der Waals surface area contributed by atoms with Crippen LogP contribution in [0.15, 0.2) is 24.4 Å². The number of aromatic nitrogens is 1. The number of amides is 1. The van der Waals surface area contributed by atoms with E-state index in [4.69, 9.17) is 9.94 Å². The minimum Gasteiger partial charge on any atom is -0.463 e. The number of rotatable bonds is 10. The number of pyridine rings is 1. The molecular weight excluding hydrogens is 372 g/mol. The summed E-state index contributed by atoms with van der Waals surface area (Å²) in [6.07, 6.45) is 10.0. The van der Waals surface area contributed by atoms with Crippen LogP contribution in [0.1, 0.15) is 43.4 Å². The number of ether oxygens (including phenoxy) is 1. The number of hydrogen-bond donors (Lipinski definition) is 3. The number of hydrogen-bond acceptors (Lipinski definition) is 7. The molecule has 0 spiro atoms. The number of nitrogens with zero attached hydrogens (tertiary/aromatic N) is 2. The van der Waals surface area contributed by atoms with Crippen molar-refractivity contribution in [2.24, 2.45) is 5.92 Å². The van der Waals surface area contributed by atoms with E-state index in [0.717, 1.165) is 31.2 Å². The van der Waals surface area contributed by atoms with Crippen molar-refractivity contribution in [3.63, 3.8) is 0 Å². The molecule has 0 aromatic carbocycles. The molecule has 1 saturated carbocycles. The lowest BCUT2D eigenvalue weighted by Crippen LogP contribution is -2.44. The van der Waals surface area contributed by atoms with Crippen molar-refractivity contribution in [3.05, 3.63) is 35.7 Å². The van der Waals surface area contributed by atoms with Gasteiger partial charge in [0.05, 0.1) is 5.69 Å². The van der Waals surface area contributed by atoms with E-state index >= 15 is 0 Å². The highest BCUT2D eigenvalue weighted by Gasteiger charge is 2.30. The summed E-state index contributed by atoms with van der Waals surface area (Å²) in [5.41, 5.74) is 3.07. The monoisotopic (exact) mass is 404 g/mol. The normalized spacial score (nSPS) is 16.1. The largest absolute Gasteiger partial charge is 0.463 e. The fraction of sp³-hybridized carbons (Fsp3) is 0.571. The van der Waals surface area contributed by atoms with E-state index in [1.807, 2.05) is 25.1 Å². The summed E-state index contributed by atoms with van der Waals surface area (Å²) < 4.78 is 5.51. The summed E-state index contributed by atoms with van der Waals surface area (Å²) in [6.45, 7) is 1.61. The van der Waals surface area contributed by atoms with Gasteiger partial charge >= 0.3 is 5.97 Å². The van der Waals surface area contributed by atoms with Gasteiger partial charge in [0.1, 0.15) is 12.6 Å². The summed E-state index contributed by atoms with van der Waals surface area (Å²) in [5.74, 6) is -0.496. The number of carbonyl (C=O) groups excluding carboxylic acids is 2. The predicted octanol–water partition coefficient (Wildman–Crippen LogP) is 1.74. The van der Waals surface area contributed by atoms with Crippen LogP contribution in [0.25, 0.3) is 6.08 Å². The van der Waals surface area contributed by atoms with E-state index in [1.165, 1.54) is 24.1 Å². The van der Waals surface area contributed by atoms with Crippen LogP contribution in [0.5, 0.6) is 0 Å². The molecule has 1 atom stereocenters. The van der Waals surface area contributed by atoms with Crippen LogP contribution in [-0.2, 0) is 20.9 Å². The summed E-state index contributed by atoms with van der Waals surface area (Å²) in [4.78, 5) is 30.0. The molecule has 0 radical (unpaired) electrons. The highest BCUT2D eigenvalue weighted by Crippen LogP contribution is 2.27. The molecule has 1 heterocycles. The van der Waals surface area contributed by atoms with Gasteiger partial charge in [-0.15, -0.1) is 0 Å². The molecule has 0 saturated heterocycles. The van der Waals surface area contributed by atoms with E-state index in [2.05, 4.69) is 10.3 Å². The molecule has 160 valence electrons. The lowest BCUT2D eigenvalue weighted by atomic mass is 9.84. The molecule has 1 aromatic rings. The molecule has 0 unspecified atom stereocenters. The maximum absolute atomic E-state index is 12.7. The Kier molecular flexibility index (Phi) is 9.76. The first-order valence-electron chi connectivity index (χ1n) is 10.1. The third-order valence-electron chi connectivity index (χ3n) is 5.05. The van der Waals surface area contributed by atoms with Gasteiger partial charge < -0.3 is 15.0 Å². The van der Waals surface area contributed by atoms with Crippen molar-refractivity contribution in [1.82, 2.24) is 20.7 Å². The Bertz CT molecular complexity index is 670. The van der Waals surface area contributed by atoms with Gasteiger partial charge in [0.15, 0.2) is 0 Å². The molecule has 1 aliphatic rings. The maximum Gasteiger partial charge on any atom is 0.323 e. The van der Waals surface area contributed by atoms with Crippen molar-refractivity contribution in [1.29, 1.82) is 0 Å². The fourth-order valence-electron chi connectivity index (χ4n) is 3.39. The lowest BCUT2D eigenvalue weighted by molar-refractivity contribution is -0.148. The average Bonchev–Trinajstić information content (AvgIpc) is 2.73. The number of nitrogens with one attached hydrogen (secondary N) is 2. The molecule has 0 aliphatic heterocycles. The Labute approximate surface area is 172 Å². The third-order valence-corrected chi connectivity index (χ3v) is 5.05. The molecule has 1 aliphatic carbocycles. The second-order valence-electron chi connectivity index (χ2n) is 7.63. The van der Waals surface area contributed by atoms with Gasteiger partial charge in [-0.1, -0.05) is 25.3 Å².